The van der Waals surface area contributed by atoms with E-state index in [4.69, 9.17) is 4.98 Å². The molecular formula is C51H34N2. The van der Waals surface area contributed by atoms with Crippen molar-refractivity contribution in [2.24, 2.45) is 0 Å². The third-order valence-electron chi connectivity index (χ3n) is 10.8. The van der Waals surface area contributed by atoms with Gasteiger partial charge in [-0.15, -0.1) is 0 Å². The highest BCUT2D eigenvalue weighted by molar-refractivity contribution is 5.99. The minimum atomic E-state index is -0.421. The Morgan fingerprint density at radius 1 is 0.358 bits per heavy atom. The zero-order valence-corrected chi connectivity index (χ0v) is 29.0. The normalized spacial score (nSPS) is 12.7. The van der Waals surface area contributed by atoms with Crippen LogP contribution in [-0.4, -0.2) is 9.97 Å². The molecule has 10 rings (SSSR count). The molecule has 0 saturated heterocycles. The lowest BCUT2D eigenvalue weighted by Gasteiger charge is -2.34. The van der Waals surface area contributed by atoms with Crippen molar-refractivity contribution < 1.29 is 0 Å². The fourth-order valence-corrected chi connectivity index (χ4v) is 8.49. The molecule has 2 heterocycles. The molecule has 0 amide bonds. The lowest BCUT2D eigenvalue weighted by atomic mass is 9.67. The zero-order valence-electron chi connectivity index (χ0n) is 29.0. The maximum atomic E-state index is 5.14. The minimum Gasteiger partial charge on any atom is -0.255 e. The third kappa shape index (κ3) is 5.03. The van der Waals surface area contributed by atoms with E-state index < -0.39 is 5.41 Å². The predicted molar refractivity (Wildman–Crippen MR) is 219 cm³/mol. The Labute approximate surface area is 309 Å². The summed E-state index contributed by atoms with van der Waals surface area (Å²) in [6.07, 6.45) is 1.82. The highest BCUT2D eigenvalue weighted by Gasteiger charge is 2.46. The molecule has 248 valence electrons. The van der Waals surface area contributed by atoms with E-state index in [-0.39, 0.29) is 0 Å². The maximum Gasteiger partial charge on any atom is 0.0900 e. The minimum absolute atomic E-state index is 0.421. The molecule has 0 unspecified atom stereocenters. The number of pyridine rings is 2. The molecule has 0 saturated carbocycles. The summed E-state index contributed by atoms with van der Waals surface area (Å²) in [5.41, 5.74) is 17.1. The Hall–Kier alpha value is -6.90. The van der Waals surface area contributed by atoms with Gasteiger partial charge in [-0.2, -0.15) is 0 Å². The Balaban J connectivity index is 1.10. The molecule has 0 fully saturated rings. The van der Waals surface area contributed by atoms with Crippen molar-refractivity contribution in [3.8, 4) is 55.9 Å². The Morgan fingerprint density at radius 3 is 1.66 bits per heavy atom. The highest BCUT2D eigenvalue weighted by Crippen LogP contribution is 2.58. The van der Waals surface area contributed by atoms with Gasteiger partial charge in [-0.3, -0.25) is 4.98 Å². The second kappa shape index (κ2) is 12.7. The molecule has 2 heteroatoms. The molecule has 2 aromatic heterocycles. The van der Waals surface area contributed by atoms with E-state index in [9.17, 15) is 0 Å². The van der Waals surface area contributed by atoms with Crippen LogP contribution in [0.5, 0.6) is 0 Å². The molecule has 7 aromatic carbocycles. The molecule has 0 atom stereocenters. The summed E-state index contributed by atoms with van der Waals surface area (Å²) in [7, 11) is 0. The first kappa shape index (κ1) is 30.9. The SMILES string of the molecule is c1ccc(-c2cc(-c3ccccn3)nc3cc(-c4ccc(-c5cccc6c5-c5ccccc5C6(c5ccccc5)c5ccccc5)cc4)ccc23)cc1. The molecule has 0 spiro atoms. The molecule has 2 nitrogen and oxygen atoms in total. The number of nitrogens with zero attached hydrogens (tertiary/aromatic N) is 2. The zero-order chi connectivity index (χ0) is 35.2. The van der Waals surface area contributed by atoms with Crippen molar-refractivity contribution in [1.82, 2.24) is 9.97 Å². The molecule has 53 heavy (non-hydrogen) atoms. The van der Waals surface area contributed by atoms with Gasteiger partial charge in [0.05, 0.1) is 22.3 Å². The van der Waals surface area contributed by atoms with Gasteiger partial charge in [0.15, 0.2) is 0 Å². The smallest absolute Gasteiger partial charge is 0.0900 e. The number of rotatable bonds is 6. The van der Waals surface area contributed by atoms with Crippen LogP contribution < -0.4 is 0 Å². The number of benzene rings is 7. The van der Waals surface area contributed by atoms with Gasteiger partial charge in [-0.05, 0) is 91.0 Å². The monoisotopic (exact) mass is 674 g/mol. The molecule has 0 aliphatic heterocycles. The summed E-state index contributed by atoms with van der Waals surface area (Å²) < 4.78 is 0. The highest BCUT2D eigenvalue weighted by atomic mass is 14.8. The number of fused-ring (bicyclic) bond motifs is 4. The quantitative estimate of drug-likeness (QED) is 0.175. The average Bonchev–Trinajstić information content (AvgIpc) is 3.56. The summed E-state index contributed by atoms with van der Waals surface area (Å²) in [5, 5.41) is 1.12. The van der Waals surface area contributed by atoms with Crippen LogP contribution in [0.4, 0.5) is 0 Å². The van der Waals surface area contributed by atoms with Crippen LogP contribution in [0.25, 0.3) is 66.8 Å². The van der Waals surface area contributed by atoms with E-state index in [0.29, 0.717) is 0 Å². The van der Waals surface area contributed by atoms with Gasteiger partial charge >= 0.3 is 0 Å². The number of aromatic nitrogens is 2. The summed E-state index contributed by atoms with van der Waals surface area (Å²) in [6, 6.07) is 72.1. The Bertz CT molecular complexity index is 2700. The Kier molecular flexibility index (Phi) is 7.40. The van der Waals surface area contributed by atoms with Crippen LogP contribution in [-0.2, 0) is 5.41 Å². The van der Waals surface area contributed by atoms with Crippen molar-refractivity contribution in [3.05, 3.63) is 229 Å². The van der Waals surface area contributed by atoms with Gasteiger partial charge in [0.1, 0.15) is 0 Å². The van der Waals surface area contributed by atoms with Crippen LogP contribution in [0.15, 0.2) is 206 Å². The van der Waals surface area contributed by atoms with Gasteiger partial charge in [0.25, 0.3) is 0 Å². The van der Waals surface area contributed by atoms with E-state index in [1.54, 1.807) is 0 Å². The summed E-state index contributed by atoms with van der Waals surface area (Å²) in [6.45, 7) is 0. The number of hydrogen-bond donors (Lipinski definition) is 0. The van der Waals surface area contributed by atoms with E-state index >= 15 is 0 Å². The molecule has 9 aromatic rings. The van der Waals surface area contributed by atoms with Crippen molar-refractivity contribution in [2.45, 2.75) is 5.41 Å². The summed E-state index contributed by atoms with van der Waals surface area (Å²) >= 11 is 0. The molecule has 1 aliphatic carbocycles. The fraction of sp³-hybridized carbons (Fsp3) is 0.0196. The lowest BCUT2D eigenvalue weighted by Crippen LogP contribution is -2.28. The standard InChI is InChI=1S/C51H34N2/c1-4-15-36(16-5-1)44-34-49(47-25-12-13-32-52-47)53-48-33-38(30-31-42(44)48)35-26-28-37(29-27-35)41-22-14-24-46-50(41)43-21-10-11-23-45(43)51(46,39-17-6-2-7-18-39)40-19-8-3-9-20-40/h1-34H. The van der Waals surface area contributed by atoms with Crippen molar-refractivity contribution in [2.75, 3.05) is 0 Å². The second-order valence-corrected chi connectivity index (χ2v) is 13.7. The van der Waals surface area contributed by atoms with Crippen LogP contribution in [0.3, 0.4) is 0 Å². The Morgan fingerprint density at radius 2 is 0.943 bits per heavy atom. The third-order valence-corrected chi connectivity index (χ3v) is 10.8. The molecule has 1 aliphatic rings. The largest absolute Gasteiger partial charge is 0.255 e. The number of hydrogen-bond acceptors (Lipinski definition) is 2. The topological polar surface area (TPSA) is 25.8 Å². The van der Waals surface area contributed by atoms with Crippen LogP contribution in [0.1, 0.15) is 22.3 Å². The molecule has 0 bridgehead atoms. The predicted octanol–water partition coefficient (Wildman–Crippen LogP) is 12.7. The van der Waals surface area contributed by atoms with Crippen LogP contribution in [0.2, 0.25) is 0 Å². The van der Waals surface area contributed by atoms with Gasteiger partial charge in [0, 0.05) is 11.6 Å². The van der Waals surface area contributed by atoms with E-state index in [0.717, 1.165) is 44.5 Å². The molecule has 0 radical (unpaired) electrons. The second-order valence-electron chi connectivity index (χ2n) is 13.7. The van der Waals surface area contributed by atoms with Gasteiger partial charge < -0.3 is 0 Å². The van der Waals surface area contributed by atoms with E-state index in [1.165, 1.54) is 44.5 Å². The van der Waals surface area contributed by atoms with Crippen LogP contribution >= 0.6 is 0 Å². The first-order chi connectivity index (χ1) is 26.3. The van der Waals surface area contributed by atoms with Gasteiger partial charge in [-0.25, -0.2) is 4.98 Å². The lowest BCUT2D eigenvalue weighted by molar-refractivity contribution is 0.768. The summed E-state index contributed by atoms with van der Waals surface area (Å²) in [5.74, 6) is 0. The van der Waals surface area contributed by atoms with E-state index in [2.05, 4.69) is 187 Å². The summed E-state index contributed by atoms with van der Waals surface area (Å²) in [4.78, 5) is 9.77. The van der Waals surface area contributed by atoms with Crippen molar-refractivity contribution in [1.29, 1.82) is 0 Å². The average molecular weight is 675 g/mol. The van der Waals surface area contributed by atoms with Gasteiger partial charge in [0.2, 0.25) is 0 Å². The van der Waals surface area contributed by atoms with Crippen LogP contribution in [0, 0.1) is 0 Å². The van der Waals surface area contributed by atoms with Gasteiger partial charge in [-0.1, -0.05) is 176 Å². The maximum absolute atomic E-state index is 5.14. The molecular weight excluding hydrogens is 641 g/mol. The first-order valence-corrected chi connectivity index (χ1v) is 18.2. The first-order valence-electron chi connectivity index (χ1n) is 18.2. The van der Waals surface area contributed by atoms with E-state index in [1.807, 2.05) is 24.4 Å². The van der Waals surface area contributed by atoms with Crippen molar-refractivity contribution >= 4 is 10.9 Å². The fourth-order valence-electron chi connectivity index (χ4n) is 8.49. The van der Waals surface area contributed by atoms with Crippen molar-refractivity contribution in [3.63, 3.8) is 0 Å². The molecule has 0 N–H and O–H groups in total.